The smallest absolute Gasteiger partial charge is 0.282 e. The Morgan fingerprint density at radius 2 is 1.48 bits per heavy atom. The Kier molecular flexibility index (Phi) is 6.42. The minimum Gasteiger partial charge on any atom is -0.497 e. The number of likely N-dealkylation sites (N-methyl/N-ethyl adjacent to an activating group) is 1. The number of carbonyl (C=O) groups is 2. The number of piperidine rings is 1. The van der Waals surface area contributed by atoms with E-state index in [0.29, 0.717) is 28.5 Å². The first-order valence-electron chi connectivity index (χ1n) is 11.2. The third kappa shape index (κ3) is 4.33. The molecule has 7 nitrogen and oxygen atoms in total. The van der Waals surface area contributed by atoms with Gasteiger partial charge in [-0.2, -0.15) is 0 Å². The average molecular weight is 450 g/mol. The van der Waals surface area contributed by atoms with Crippen molar-refractivity contribution in [2.24, 2.45) is 0 Å². The lowest BCUT2D eigenvalue weighted by atomic mass is 9.99. The summed E-state index contributed by atoms with van der Waals surface area (Å²) in [5.74, 6) is 0.360. The normalized spacial score (nSPS) is 17.7. The molecule has 0 bridgehead atoms. The molecular weight excluding hydrogens is 418 g/mol. The van der Waals surface area contributed by atoms with Crippen LogP contribution in [-0.4, -0.2) is 69.1 Å². The van der Waals surface area contributed by atoms with E-state index in [4.69, 9.17) is 9.47 Å². The molecule has 0 aliphatic carbocycles. The first-order chi connectivity index (χ1) is 15.8. The summed E-state index contributed by atoms with van der Waals surface area (Å²) in [6, 6.07) is 13.0. The zero-order valence-corrected chi connectivity index (χ0v) is 19.9. The predicted octanol–water partition coefficient (Wildman–Crippen LogP) is 3.32. The highest BCUT2D eigenvalue weighted by molar-refractivity contribution is 6.45. The zero-order valence-electron chi connectivity index (χ0n) is 19.9. The SMILES string of the molecule is COc1cc(OC)cc(N2C(=O)C(c3ccc(C)cc3)=C(N(C)C3CCN(C)CC3)C2=O)c1. The summed E-state index contributed by atoms with van der Waals surface area (Å²) in [6.07, 6.45) is 1.87. The first-order valence-corrected chi connectivity index (χ1v) is 11.2. The Bertz CT molecular complexity index is 1060. The van der Waals surface area contributed by atoms with E-state index in [9.17, 15) is 9.59 Å². The summed E-state index contributed by atoms with van der Waals surface area (Å²) in [4.78, 5) is 33.1. The second kappa shape index (κ2) is 9.27. The van der Waals surface area contributed by atoms with Crippen molar-refractivity contribution in [3.05, 3.63) is 59.3 Å². The molecule has 7 heteroatoms. The summed E-state index contributed by atoms with van der Waals surface area (Å²) in [5.41, 5.74) is 3.14. The molecule has 174 valence electrons. The van der Waals surface area contributed by atoms with Gasteiger partial charge in [-0.15, -0.1) is 0 Å². The molecule has 0 atom stereocenters. The van der Waals surface area contributed by atoms with E-state index < -0.39 is 0 Å². The summed E-state index contributed by atoms with van der Waals surface area (Å²) >= 11 is 0. The molecule has 1 fully saturated rings. The van der Waals surface area contributed by atoms with Crippen LogP contribution in [0.1, 0.15) is 24.0 Å². The molecule has 1 saturated heterocycles. The fraction of sp³-hybridized carbons (Fsp3) is 0.385. The van der Waals surface area contributed by atoms with Crippen LogP contribution in [0, 0.1) is 6.92 Å². The number of nitrogens with zero attached hydrogens (tertiary/aromatic N) is 3. The minimum absolute atomic E-state index is 0.188. The topological polar surface area (TPSA) is 62.3 Å². The molecule has 0 N–H and O–H groups in total. The molecule has 2 aliphatic heterocycles. The van der Waals surface area contributed by atoms with Crippen molar-refractivity contribution in [2.45, 2.75) is 25.8 Å². The average Bonchev–Trinajstić information content (AvgIpc) is 3.09. The molecule has 4 rings (SSSR count). The van der Waals surface area contributed by atoms with Gasteiger partial charge in [0.25, 0.3) is 11.8 Å². The maximum atomic E-state index is 13.8. The van der Waals surface area contributed by atoms with Crippen molar-refractivity contribution in [2.75, 3.05) is 46.3 Å². The number of anilines is 1. The highest BCUT2D eigenvalue weighted by Crippen LogP contribution is 2.38. The van der Waals surface area contributed by atoms with Crippen LogP contribution in [0.5, 0.6) is 11.5 Å². The molecule has 33 heavy (non-hydrogen) atoms. The Balaban J connectivity index is 1.80. The largest absolute Gasteiger partial charge is 0.497 e. The van der Waals surface area contributed by atoms with Crippen LogP contribution in [0.25, 0.3) is 5.57 Å². The zero-order chi connectivity index (χ0) is 23.7. The van der Waals surface area contributed by atoms with Crippen LogP contribution in [-0.2, 0) is 9.59 Å². The number of likely N-dealkylation sites (tertiary alicyclic amines) is 1. The Hall–Kier alpha value is -3.32. The van der Waals surface area contributed by atoms with Crippen molar-refractivity contribution in [3.8, 4) is 11.5 Å². The van der Waals surface area contributed by atoms with Crippen molar-refractivity contribution >= 4 is 23.1 Å². The van der Waals surface area contributed by atoms with Gasteiger partial charge in [0, 0.05) is 31.3 Å². The number of amides is 2. The molecule has 0 spiro atoms. The van der Waals surface area contributed by atoms with E-state index in [1.165, 1.54) is 4.90 Å². The second-order valence-corrected chi connectivity index (χ2v) is 8.75. The van der Waals surface area contributed by atoms with E-state index in [1.807, 2.05) is 43.1 Å². The number of benzene rings is 2. The lowest BCUT2D eigenvalue weighted by molar-refractivity contribution is -0.120. The molecule has 2 aromatic rings. The third-order valence-electron chi connectivity index (χ3n) is 6.58. The van der Waals surface area contributed by atoms with Crippen molar-refractivity contribution in [3.63, 3.8) is 0 Å². The lowest BCUT2D eigenvalue weighted by Crippen LogP contribution is -2.43. The van der Waals surface area contributed by atoms with Gasteiger partial charge < -0.3 is 19.3 Å². The van der Waals surface area contributed by atoms with Gasteiger partial charge in [0.2, 0.25) is 0 Å². The van der Waals surface area contributed by atoms with Gasteiger partial charge in [-0.3, -0.25) is 9.59 Å². The lowest BCUT2D eigenvalue weighted by Gasteiger charge is -2.36. The second-order valence-electron chi connectivity index (χ2n) is 8.75. The summed E-state index contributed by atoms with van der Waals surface area (Å²) < 4.78 is 10.7. The van der Waals surface area contributed by atoms with Gasteiger partial charge in [-0.25, -0.2) is 4.90 Å². The number of ether oxygens (including phenoxy) is 2. The third-order valence-corrected chi connectivity index (χ3v) is 6.58. The van der Waals surface area contributed by atoms with E-state index in [0.717, 1.165) is 37.1 Å². The quantitative estimate of drug-likeness (QED) is 0.631. The molecule has 0 aromatic heterocycles. The number of rotatable bonds is 6. The molecule has 2 heterocycles. The molecule has 0 unspecified atom stereocenters. The molecule has 0 radical (unpaired) electrons. The van der Waals surface area contributed by atoms with Crippen molar-refractivity contribution in [1.82, 2.24) is 9.80 Å². The fourth-order valence-corrected chi connectivity index (χ4v) is 4.55. The molecule has 2 aromatic carbocycles. The summed E-state index contributed by atoms with van der Waals surface area (Å²) in [5, 5.41) is 0. The minimum atomic E-state index is -0.339. The van der Waals surface area contributed by atoms with Crippen molar-refractivity contribution < 1.29 is 19.1 Å². The van der Waals surface area contributed by atoms with E-state index >= 15 is 0 Å². The van der Waals surface area contributed by atoms with Gasteiger partial charge in [0.15, 0.2) is 0 Å². The number of hydrogen-bond donors (Lipinski definition) is 0. The number of aryl methyl sites for hydroxylation is 1. The number of carbonyl (C=O) groups excluding carboxylic acids is 2. The highest BCUT2D eigenvalue weighted by Gasteiger charge is 2.43. The van der Waals surface area contributed by atoms with E-state index in [-0.39, 0.29) is 17.9 Å². The van der Waals surface area contributed by atoms with E-state index in [2.05, 4.69) is 11.9 Å². The van der Waals surface area contributed by atoms with Gasteiger partial charge in [0.05, 0.1) is 25.5 Å². The van der Waals surface area contributed by atoms with Crippen LogP contribution in [0.3, 0.4) is 0 Å². The number of imide groups is 1. The number of methoxy groups -OCH3 is 2. The molecule has 2 amide bonds. The van der Waals surface area contributed by atoms with E-state index in [1.54, 1.807) is 32.4 Å². The van der Waals surface area contributed by atoms with Crippen LogP contribution in [0.2, 0.25) is 0 Å². The Labute approximate surface area is 195 Å². The predicted molar refractivity (Wildman–Crippen MR) is 128 cm³/mol. The first kappa shape index (κ1) is 22.9. The number of hydrogen-bond acceptors (Lipinski definition) is 6. The maximum absolute atomic E-state index is 13.8. The van der Waals surface area contributed by atoms with Crippen LogP contribution < -0.4 is 14.4 Å². The molecular formula is C26H31N3O4. The summed E-state index contributed by atoms with van der Waals surface area (Å²) in [7, 11) is 7.12. The highest BCUT2D eigenvalue weighted by atomic mass is 16.5. The Morgan fingerprint density at radius 1 is 0.909 bits per heavy atom. The van der Waals surface area contributed by atoms with Gasteiger partial charge >= 0.3 is 0 Å². The van der Waals surface area contributed by atoms with Crippen LogP contribution in [0.15, 0.2) is 48.2 Å². The van der Waals surface area contributed by atoms with Gasteiger partial charge in [0.1, 0.15) is 17.2 Å². The van der Waals surface area contributed by atoms with Gasteiger partial charge in [-0.1, -0.05) is 29.8 Å². The molecule has 2 aliphatic rings. The van der Waals surface area contributed by atoms with Gasteiger partial charge in [-0.05, 0) is 45.5 Å². The fourth-order valence-electron chi connectivity index (χ4n) is 4.55. The standard InChI is InChI=1S/C26H31N3O4/c1-17-6-8-18(9-7-17)23-24(28(3)19-10-12-27(2)13-11-19)26(31)29(25(23)30)20-14-21(32-4)16-22(15-20)33-5/h6-9,14-16,19H,10-13H2,1-5H3. The monoisotopic (exact) mass is 449 g/mol. The molecule has 0 saturated carbocycles. The Morgan fingerprint density at radius 3 is 2.03 bits per heavy atom. The maximum Gasteiger partial charge on any atom is 0.282 e. The van der Waals surface area contributed by atoms with Crippen molar-refractivity contribution in [1.29, 1.82) is 0 Å². The van der Waals surface area contributed by atoms with Crippen LogP contribution >= 0.6 is 0 Å². The summed E-state index contributed by atoms with van der Waals surface area (Å²) in [6.45, 7) is 3.92. The van der Waals surface area contributed by atoms with Crippen LogP contribution in [0.4, 0.5) is 5.69 Å².